The highest BCUT2D eigenvalue weighted by molar-refractivity contribution is 5.73. The van der Waals surface area contributed by atoms with E-state index in [2.05, 4.69) is 5.32 Å². The van der Waals surface area contributed by atoms with Crippen LogP contribution in [0.2, 0.25) is 0 Å². The van der Waals surface area contributed by atoms with Gasteiger partial charge in [-0.25, -0.2) is 0 Å². The van der Waals surface area contributed by atoms with E-state index in [1.165, 1.54) is 0 Å². The van der Waals surface area contributed by atoms with Gasteiger partial charge in [0, 0.05) is 0 Å². The Labute approximate surface area is 55.1 Å². The summed E-state index contributed by atoms with van der Waals surface area (Å²) in [5.74, 6) is -0.720. The molecule has 0 aromatic rings. The largest absolute Gasteiger partial charge is 0.480 e. The van der Waals surface area contributed by atoms with Crippen LogP contribution in [-0.4, -0.2) is 23.7 Å². The molecule has 0 spiro atoms. The summed E-state index contributed by atoms with van der Waals surface area (Å²) in [6.45, 7) is 0.858. The Bertz CT molecular complexity index is 97.2. The molecular weight excluding hydrogens is 118 g/mol. The maximum atomic E-state index is 10.1. The minimum atomic E-state index is -0.720. The lowest BCUT2D eigenvalue weighted by Gasteiger charge is -1.99. The van der Waals surface area contributed by atoms with Gasteiger partial charge in [0.25, 0.3) is 0 Å². The van der Waals surface area contributed by atoms with Crippen molar-refractivity contribution in [2.24, 2.45) is 0 Å². The van der Waals surface area contributed by atoms with Crippen molar-refractivity contribution in [1.82, 2.24) is 5.32 Å². The van der Waals surface area contributed by atoms with Crippen molar-refractivity contribution in [3.05, 3.63) is 0 Å². The lowest BCUT2D eigenvalue weighted by atomic mass is 10.2. The summed E-state index contributed by atoms with van der Waals surface area (Å²) in [6, 6.07) is -0.269. The molecule has 1 heterocycles. The van der Waals surface area contributed by atoms with Crippen molar-refractivity contribution in [2.75, 3.05) is 6.54 Å². The number of hydrogen-bond donors (Lipinski definition) is 2. The molecule has 54 valence electrons. The second-order valence-corrected chi connectivity index (χ2v) is 1.99. The van der Waals surface area contributed by atoms with Gasteiger partial charge in [-0.2, -0.15) is 0 Å². The SMILES string of the molecule is C.O=C(O)[C@H]1CCCN1. The fourth-order valence-electron chi connectivity index (χ4n) is 0.895. The maximum absolute atomic E-state index is 10.1. The molecule has 0 saturated carbocycles. The van der Waals surface area contributed by atoms with E-state index in [9.17, 15) is 4.79 Å². The molecule has 1 aliphatic heterocycles. The van der Waals surface area contributed by atoms with Gasteiger partial charge in [-0.05, 0) is 19.4 Å². The summed E-state index contributed by atoms with van der Waals surface area (Å²) in [6.07, 6.45) is 1.78. The monoisotopic (exact) mass is 131 g/mol. The number of carbonyl (C=O) groups is 1. The minimum Gasteiger partial charge on any atom is -0.480 e. The predicted molar refractivity (Wildman–Crippen MR) is 35.4 cm³/mol. The molecule has 9 heavy (non-hydrogen) atoms. The number of carboxylic acid groups (broad SMARTS) is 1. The maximum Gasteiger partial charge on any atom is 0.320 e. The van der Waals surface area contributed by atoms with Crippen molar-refractivity contribution in [2.45, 2.75) is 26.3 Å². The second-order valence-electron chi connectivity index (χ2n) is 1.99. The van der Waals surface area contributed by atoms with Gasteiger partial charge in [-0.3, -0.25) is 4.79 Å². The quantitative estimate of drug-likeness (QED) is 0.543. The topological polar surface area (TPSA) is 49.3 Å². The number of aliphatic carboxylic acids is 1. The number of carboxylic acids is 1. The van der Waals surface area contributed by atoms with Gasteiger partial charge >= 0.3 is 5.97 Å². The first kappa shape index (κ1) is 8.43. The van der Waals surface area contributed by atoms with Crippen LogP contribution in [0.5, 0.6) is 0 Å². The van der Waals surface area contributed by atoms with Crippen LogP contribution in [0.4, 0.5) is 0 Å². The molecule has 0 aromatic carbocycles. The van der Waals surface area contributed by atoms with Crippen molar-refractivity contribution in [3.8, 4) is 0 Å². The van der Waals surface area contributed by atoms with E-state index in [0.29, 0.717) is 0 Å². The van der Waals surface area contributed by atoms with Crippen molar-refractivity contribution >= 4 is 5.97 Å². The molecule has 1 atom stereocenters. The van der Waals surface area contributed by atoms with Crippen LogP contribution in [0.1, 0.15) is 20.3 Å². The molecule has 0 unspecified atom stereocenters. The molecule has 0 aliphatic carbocycles. The van der Waals surface area contributed by atoms with Gasteiger partial charge in [-0.15, -0.1) is 0 Å². The van der Waals surface area contributed by atoms with Crippen molar-refractivity contribution < 1.29 is 9.90 Å². The lowest BCUT2D eigenvalue weighted by Crippen LogP contribution is -2.29. The van der Waals surface area contributed by atoms with Gasteiger partial charge in [0.1, 0.15) is 6.04 Å². The third-order valence-corrected chi connectivity index (χ3v) is 1.36. The van der Waals surface area contributed by atoms with Crippen molar-refractivity contribution in [3.63, 3.8) is 0 Å². The van der Waals surface area contributed by atoms with Crippen LogP contribution in [0, 0.1) is 0 Å². The first-order valence-corrected chi connectivity index (χ1v) is 2.77. The molecular formula is C6H13NO2. The molecule has 0 amide bonds. The highest BCUT2D eigenvalue weighted by atomic mass is 16.4. The van der Waals surface area contributed by atoms with Crippen LogP contribution >= 0.6 is 0 Å². The molecule has 3 heteroatoms. The van der Waals surface area contributed by atoms with Crippen LogP contribution in [-0.2, 0) is 4.79 Å². The summed E-state index contributed by atoms with van der Waals surface area (Å²) in [4.78, 5) is 10.1. The smallest absolute Gasteiger partial charge is 0.320 e. The zero-order chi connectivity index (χ0) is 5.98. The van der Waals surface area contributed by atoms with Crippen LogP contribution in [0.3, 0.4) is 0 Å². The summed E-state index contributed by atoms with van der Waals surface area (Å²) < 4.78 is 0. The second kappa shape index (κ2) is 3.45. The number of nitrogens with one attached hydrogen (secondary N) is 1. The average Bonchev–Trinajstić information content (AvgIpc) is 2.12. The van der Waals surface area contributed by atoms with Crippen molar-refractivity contribution in [1.29, 1.82) is 0 Å². The van der Waals surface area contributed by atoms with E-state index >= 15 is 0 Å². The first-order chi connectivity index (χ1) is 3.80. The first-order valence-electron chi connectivity index (χ1n) is 2.77. The Kier molecular flexibility index (Phi) is 3.24. The molecule has 1 saturated heterocycles. The normalized spacial score (nSPS) is 25.1. The summed E-state index contributed by atoms with van der Waals surface area (Å²) >= 11 is 0. The standard InChI is InChI=1S/C5H9NO2.CH4/c7-5(8)4-2-1-3-6-4;/h4,6H,1-3H2,(H,7,8);1H4/t4-;/m1./s1. The average molecular weight is 131 g/mol. The molecule has 1 rings (SSSR count). The lowest BCUT2D eigenvalue weighted by molar-refractivity contribution is -0.139. The van der Waals surface area contributed by atoms with Crippen LogP contribution in [0.15, 0.2) is 0 Å². The van der Waals surface area contributed by atoms with Gasteiger partial charge in [0.2, 0.25) is 0 Å². The van der Waals surface area contributed by atoms with Gasteiger partial charge in [0.15, 0.2) is 0 Å². The van der Waals surface area contributed by atoms with E-state index in [4.69, 9.17) is 5.11 Å². The zero-order valence-electron chi connectivity index (χ0n) is 4.55. The molecule has 1 aliphatic rings. The highest BCUT2D eigenvalue weighted by Crippen LogP contribution is 2.03. The highest BCUT2D eigenvalue weighted by Gasteiger charge is 2.20. The predicted octanol–water partition coefficient (Wildman–Crippen LogP) is 0.459. The fraction of sp³-hybridized carbons (Fsp3) is 0.833. The Morgan fingerprint density at radius 2 is 2.33 bits per heavy atom. The van der Waals surface area contributed by atoms with Gasteiger partial charge in [0.05, 0.1) is 0 Å². The van der Waals surface area contributed by atoms with Gasteiger partial charge in [-0.1, -0.05) is 7.43 Å². The van der Waals surface area contributed by atoms with Crippen LogP contribution < -0.4 is 5.32 Å². The molecule has 0 aromatic heterocycles. The summed E-state index contributed by atoms with van der Waals surface area (Å²) in [5, 5.41) is 11.2. The van der Waals surface area contributed by atoms with E-state index in [1.807, 2.05) is 0 Å². The fourth-order valence-corrected chi connectivity index (χ4v) is 0.895. The summed E-state index contributed by atoms with van der Waals surface area (Å²) in [7, 11) is 0. The zero-order valence-corrected chi connectivity index (χ0v) is 4.55. The minimum absolute atomic E-state index is 0. The van der Waals surface area contributed by atoms with E-state index in [1.54, 1.807) is 0 Å². The molecule has 2 N–H and O–H groups in total. The molecule has 0 radical (unpaired) electrons. The molecule has 3 nitrogen and oxygen atoms in total. The Balaban J connectivity index is 0.000000640. The molecule has 1 fully saturated rings. The van der Waals surface area contributed by atoms with E-state index in [0.717, 1.165) is 19.4 Å². The van der Waals surface area contributed by atoms with Crippen LogP contribution in [0.25, 0.3) is 0 Å². The number of hydrogen-bond acceptors (Lipinski definition) is 2. The third-order valence-electron chi connectivity index (χ3n) is 1.36. The Hall–Kier alpha value is -0.570. The van der Waals surface area contributed by atoms with E-state index in [-0.39, 0.29) is 13.5 Å². The summed E-state index contributed by atoms with van der Waals surface area (Å²) in [5.41, 5.74) is 0. The number of rotatable bonds is 1. The van der Waals surface area contributed by atoms with Gasteiger partial charge < -0.3 is 10.4 Å². The molecule has 0 bridgehead atoms. The third kappa shape index (κ3) is 2.01. The Morgan fingerprint density at radius 1 is 1.67 bits per heavy atom. The Morgan fingerprint density at radius 3 is 2.56 bits per heavy atom. The van der Waals surface area contributed by atoms with E-state index < -0.39 is 5.97 Å².